The minimum atomic E-state index is -0.718. The van der Waals surface area contributed by atoms with Crippen molar-refractivity contribution in [3.05, 3.63) is 63.5 Å². The van der Waals surface area contributed by atoms with Crippen molar-refractivity contribution in [3.63, 3.8) is 0 Å². The normalized spacial score (nSPS) is 15.1. The predicted octanol–water partition coefficient (Wildman–Crippen LogP) is 4.91. The van der Waals surface area contributed by atoms with Gasteiger partial charge in [0, 0.05) is 55.7 Å². The Morgan fingerprint density at radius 2 is 1.94 bits per heavy atom. The summed E-state index contributed by atoms with van der Waals surface area (Å²) in [5, 5.41) is 12.2. The summed E-state index contributed by atoms with van der Waals surface area (Å²) in [7, 11) is 2.67. The van der Waals surface area contributed by atoms with Gasteiger partial charge in [-0.3, -0.25) is 14.9 Å². The van der Waals surface area contributed by atoms with Crippen molar-refractivity contribution < 1.29 is 28.3 Å². The first kappa shape index (κ1) is 25.6. The van der Waals surface area contributed by atoms with E-state index in [1.54, 1.807) is 0 Å². The molecule has 1 fully saturated rings. The summed E-state index contributed by atoms with van der Waals surface area (Å²) in [6.07, 6.45) is 1.89. The Morgan fingerprint density at radius 1 is 1.24 bits per heavy atom. The van der Waals surface area contributed by atoms with Gasteiger partial charge in [-0.1, -0.05) is 25.1 Å². The third kappa shape index (κ3) is 5.71. The summed E-state index contributed by atoms with van der Waals surface area (Å²) in [4.78, 5) is 25.5. The maximum Gasteiger partial charge on any atom is 0.306 e. The molecule has 1 aliphatic rings. The first-order valence-corrected chi connectivity index (χ1v) is 11.4. The molecule has 2 aromatic rings. The number of nitro benzene ring substituents is 1. The molecule has 1 unspecified atom stereocenters. The average molecular weight is 475 g/mol. The van der Waals surface area contributed by atoms with Crippen LogP contribution in [0.4, 0.5) is 21.5 Å². The zero-order chi connectivity index (χ0) is 24.7. The molecule has 0 N–H and O–H groups in total. The topological polar surface area (TPSA) is 91.1 Å². The Morgan fingerprint density at radius 3 is 2.56 bits per heavy atom. The van der Waals surface area contributed by atoms with Crippen LogP contribution in [0.2, 0.25) is 0 Å². The molecule has 0 aliphatic carbocycles. The fourth-order valence-electron chi connectivity index (χ4n) is 4.48. The highest BCUT2D eigenvalue weighted by molar-refractivity contribution is 5.76. The number of rotatable bonds is 10. The van der Waals surface area contributed by atoms with Crippen LogP contribution in [0.1, 0.15) is 43.2 Å². The van der Waals surface area contributed by atoms with Gasteiger partial charge in [0.1, 0.15) is 11.5 Å². The zero-order valence-corrected chi connectivity index (χ0v) is 19.8. The number of hydrogen-bond acceptors (Lipinski definition) is 7. The third-order valence-electron chi connectivity index (χ3n) is 6.19. The summed E-state index contributed by atoms with van der Waals surface area (Å²) in [6.45, 7) is 3.09. The van der Waals surface area contributed by atoms with Gasteiger partial charge in [-0.05, 0) is 30.9 Å². The highest BCUT2D eigenvalue weighted by atomic mass is 19.1. The number of anilines is 2. The van der Waals surface area contributed by atoms with E-state index in [0.29, 0.717) is 26.1 Å². The number of aryl methyl sites for hydroxylation is 1. The number of nitro groups is 1. The van der Waals surface area contributed by atoms with E-state index in [9.17, 15) is 14.9 Å². The number of methoxy groups -OCH3 is 2. The minimum Gasteiger partial charge on any atom is -0.469 e. The van der Waals surface area contributed by atoms with Crippen molar-refractivity contribution in [1.29, 1.82) is 0 Å². The molecule has 0 aromatic heterocycles. The molecule has 9 heteroatoms. The summed E-state index contributed by atoms with van der Waals surface area (Å²) < 4.78 is 31.0. The monoisotopic (exact) mass is 474 g/mol. The van der Waals surface area contributed by atoms with Crippen LogP contribution in [0.15, 0.2) is 36.4 Å². The third-order valence-corrected chi connectivity index (χ3v) is 6.19. The van der Waals surface area contributed by atoms with Crippen molar-refractivity contribution >= 4 is 23.0 Å². The molecular formula is C25H31FN2O6. The molecule has 0 amide bonds. The SMILES string of the molecule is CCc1ccccc1N(c1cc(F)c(C(COC)CC(=O)OC)cc1[N+](=O)[O-])C1CCOCC1. The molecule has 1 saturated heterocycles. The molecule has 1 heterocycles. The number of esters is 1. The summed E-state index contributed by atoms with van der Waals surface area (Å²) >= 11 is 0. The molecule has 1 aliphatic heterocycles. The van der Waals surface area contributed by atoms with E-state index in [0.717, 1.165) is 17.7 Å². The molecule has 1 atom stereocenters. The molecule has 0 spiro atoms. The maximum absolute atomic E-state index is 15.6. The lowest BCUT2D eigenvalue weighted by Crippen LogP contribution is -2.37. The maximum atomic E-state index is 15.6. The fraction of sp³-hybridized carbons (Fsp3) is 0.480. The van der Waals surface area contributed by atoms with E-state index in [4.69, 9.17) is 14.2 Å². The van der Waals surface area contributed by atoms with E-state index in [2.05, 4.69) is 0 Å². The van der Waals surface area contributed by atoms with Crippen molar-refractivity contribution in [2.24, 2.45) is 0 Å². The largest absolute Gasteiger partial charge is 0.469 e. The number of para-hydroxylation sites is 1. The minimum absolute atomic E-state index is 0.0187. The highest BCUT2D eigenvalue weighted by Crippen LogP contribution is 2.42. The van der Waals surface area contributed by atoms with Crippen LogP contribution in [0.3, 0.4) is 0 Å². The van der Waals surface area contributed by atoms with Crippen LogP contribution in [0.5, 0.6) is 0 Å². The van der Waals surface area contributed by atoms with Gasteiger partial charge in [-0.2, -0.15) is 0 Å². The van der Waals surface area contributed by atoms with Crippen molar-refractivity contribution in [1.82, 2.24) is 0 Å². The molecule has 34 heavy (non-hydrogen) atoms. The molecule has 184 valence electrons. The predicted molar refractivity (Wildman–Crippen MR) is 126 cm³/mol. The molecular weight excluding hydrogens is 443 g/mol. The number of carbonyl (C=O) groups excluding carboxylic acids is 1. The van der Waals surface area contributed by atoms with Gasteiger partial charge in [0.15, 0.2) is 0 Å². The second-order valence-corrected chi connectivity index (χ2v) is 8.25. The molecule has 0 saturated carbocycles. The van der Waals surface area contributed by atoms with Gasteiger partial charge in [0.2, 0.25) is 0 Å². The van der Waals surface area contributed by atoms with Crippen molar-refractivity contribution in [2.45, 2.75) is 44.6 Å². The van der Waals surface area contributed by atoms with Gasteiger partial charge in [0.05, 0.1) is 25.1 Å². The molecule has 8 nitrogen and oxygen atoms in total. The number of benzene rings is 2. The quantitative estimate of drug-likeness (QED) is 0.275. The summed E-state index contributed by atoms with van der Waals surface area (Å²) in [6, 6.07) is 10.0. The van der Waals surface area contributed by atoms with Gasteiger partial charge in [0.25, 0.3) is 5.69 Å². The lowest BCUT2D eigenvalue weighted by atomic mass is 9.93. The Bertz CT molecular complexity index is 1010. The smallest absolute Gasteiger partial charge is 0.306 e. The standard InChI is InChI=1S/C25H31FN2O6/c1-4-17-7-5-6-8-22(17)27(19-9-11-34-12-10-19)23-15-21(26)20(14-24(23)28(30)31)18(16-32-2)13-25(29)33-3/h5-8,14-15,18-19H,4,9-13,16H2,1-3H3. The van der Waals surface area contributed by atoms with Crippen LogP contribution < -0.4 is 4.90 Å². The number of carbonyl (C=O) groups is 1. The molecule has 0 bridgehead atoms. The fourth-order valence-corrected chi connectivity index (χ4v) is 4.48. The Balaban J connectivity index is 2.18. The average Bonchev–Trinajstić information content (AvgIpc) is 2.84. The van der Waals surface area contributed by atoms with Crippen LogP contribution in [-0.4, -0.2) is 51.0 Å². The second-order valence-electron chi connectivity index (χ2n) is 8.25. The molecule has 3 rings (SSSR count). The van der Waals surface area contributed by atoms with E-state index in [1.165, 1.54) is 26.4 Å². The van der Waals surface area contributed by atoms with E-state index in [-0.39, 0.29) is 36.0 Å². The van der Waals surface area contributed by atoms with Gasteiger partial charge >= 0.3 is 5.97 Å². The van der Waals surface area contributed by atoms with Crippen LogP contribution in [-0.2, 0) is 25.4 Å². The Kier molecular flexibility index (Phi) is 8.95. The van der Waals surface area contributed by atoms with Gasteiger partial charge in [-0.25, -0.2) is 4.39 Å². The van der Waals surface area contributed by atoms with Gasteiger partial charge in [-0.15, -0.1) is 0 Å². The summed E-state index contributed by atoms with van der Waals surface area (Å²) in [5.41, 5.74) is 1.84. The lowest BCUT2D eigenvalue weighted by Gasteiger charge is -2.37. The van der Waals surface area contributed by atoms with Crippen LogP contribution >= 0.6 is 0 Å². The van der Waals surface area contributed by atoms with E-state index < -0.39 is 22.6 Å². The van der Waals surface area contributed by atoms with E-state index in [1.807, 2.05) is 36.1 Å². The Labute approximate surface area is 198 Å². The van der Waals surface area contributed by atoms with Crippen LogP contribution in [0.25, 0.3) is 0 Å². The second kappa shape index (κ2) is 11.9. The van der Waals surface area contributed by atoms with Crippen LogP contribution in [0, 0.1) is 15.9 Å². The first-order valence-electron chi connectivity index (χ1n) is 11.4. The number of ether oxygens (including phenoxy) is 3. The number of nitrogens with zero attached hydrogens (tertiary/aromatic N) is 2. The first-order chi connectivity index (χ1) is 16.4. The molecule has 2 aromatic carbocycles. The van der Waals surface area contributed by atoms with Crippen molar-refractivity contribution in [2.75, 3.05) is 38.9 Å². The van der Waals surface area contributed by atoms with Gasteiger partial charge < -0.3 is 19.1 Å². The van der Waals surface area contributed by atoms with E-state index >= 15 is 4.39 Å². The number of halogens is 1. The zero-order valence-electron chi connectivity index (χ0n) is 19.8. The Hall–Kier alpha value is -3.04. The highest BCUT2D eigenvalue weighted by Gasteiger charge is 2.33. The van der Waals surface area contributed by atoms with Crippen molar-refractivity contribution in [3.8, 4) is 0 Å². The summed E-state index contributed by atoms with van der Waals surface area (Å²) in [5.74, 6) is -1.89. The molecule has 0 radical (unpaired) electrons. The number of hydrogen-bond donors (Lipinski definition) is 0. The lowest BCUT2D eigenvalue weighted by molar-refractivity contribution is -0.384.